The number of hydrogen-bond donors (Lipinski definition) is 1. The summed E-state index contributed by atoms with van der Waals surface area (Å²) in [4.78, 5) is 17.6. The van der Waals surface area contributed by atoms with Gasteiger partial charge < -0.3 is 5.32 Å². The van der Waals surface area contributed by atoms with E-state index in [2.05, 4.69) is 22.5 Å². The van der Waals surface area contributed by atoms with Crippen LogP contribution in [0.25, 0.3) is 10.9 Å². The molecule has 0 aliphatic rings. The zero-order valence-electron chi connectivity index (χ0n) is 16.7. The lowest BCUT2D eigenvalue weighted by Gasteiger charge is -2.18. The van der Waals surface area contributed by atoms with Gasteiger partial charge >= 0.3 is 0 Å². The monoisotopic (exact) mass is 384 g/mol. The molecule has 0 aliphatic heterocycles. The van der Waals surface area contributed by atoms with Crippen LogP contribution in [0.3, 0.4) is 0 Å². The number of carbonyl (C=O) groups excluding carboxylic acids is 1. The van der Waals surface area contributed by atoms with Gasteiger partial charge in [0, 0.05) is 42.0 Å². The minimum Gasteiger partial charge on any atom is -0.345 e. The molecule has 0 saturated heterocycles. The molecule has 5 heteroatoms. The Morgan fingerprint density at radius 3 is 2.69 bits per heavy atom. The summed E-state index contributed by atoms with van der Waals surface area (Å²) in [7, 11) is 0. The SMILES string of the molecule is Cc1ccccc1C(=O)N[C@@H](C)c1cc(CCn2cccn2)nc2ccccc12. The number of nitrogens with zero attached hydrogens (tertiary/aromatic N) is 3. The highest BCUT2D eigenvalue weighted by Crippen LogP contribution is 2.25. The van der Waals surface area contributed by atoms with Gasteiger partial charge in [-0.25, -0.2) is 0 Å². The average molecular weight is 384 g/mol. The zero-order valence-corrected chi connectivity index (χ0v) is 16.7. The predicted octanol–water partition coefficient (Wildman–Crippen LogP) is 4.47. The number of pyridine rings is 1. The van der Waals surface area contributed by atoms with E-state index in [-0.39, 0.29) is 11.9 Å². The number of nitrogens with one attached hydrogen (secondary N) is 1. The molecular formula is C24H24N4O. The van der Waals surface area contributed by atoms with Gasteiger partial charge in [-0.2, -0.15) is 5.10 Å². The van der Waals surface area contributed by atoms with Crippen LogP contribution in [0.15, 0.2) is 73.1 Å². The molecule has 29 heavy (non-hydrogen) atoms. The summed E-state index contributed by atoms with van der Waals surface area (Å²) < 4.78 is 1.90. The van der Waals surface area contributed by atoms with Crippen molar-refractivity contribution in [3.63, 3.8) is 0 Å². The van der Waals surface area contributed by atoms with Crippen molar-refractivity contribution in [3.8, 4) is 0 Å². The summed E-state index contributed by atoms with van der Waals surface area (Å²) in [6.45, 7) is 4.74. The van der Waals surface area contributed by atoms with E-state index in [1.54, 1.807) is 6.20 Å². The number of rotatable bonds is 6. The van der Waals surface area contributed by atoms with Crippen molar-refractivity contribution in [3.05, 3.63) is 95.4 Å². The predicted molar refractivity (Wildman–Crippen MR) is 115 cm³/mol. The summed E-state index contributed by atoms with van der Waals surface area (Å²) in [5, 5.41) is 8.49. The van der Waals surface area contributed by atoms with Gasteiger partial charge in [0.05, 0.1) is 11.6 Å². The standard InChI is InChI=1S/C24H24N4O/c1-17-8-3-4-9-20(17)24(29)26-18(2)22-16-19(12-15-28-14-7-13-25-28)27-23-11-6-5-10-21(22)23/h3-11,13-14,16,18H,12,15H2,1-2H3,(H,26,29)/t18-/m0/s1. The molecule has 0 saturated carbocycles. The lowest BCUT2D eigenvalue weighted by Crippen LogP contribution is -2.27. The lowest BCUT2D eigenvalue weighted by atomic mass is 10.00. The third-order valence-corrected chi connectivity index (χ3v) is 5.16. The molecule has 0 fully saturated rings. The fourth-order valence-corrected chi connectivity index (χ4v) is 3.59. The Kier molecular flexibility index (Phi) is 5.38. The van der Waals surface area contributed by atoms with Crippen LogP contribution < -0.4 is 5.32 Å². The van der Waals surface area contributed by atoms with Gasteiger partial charge in [0.1, 0.15) is 0 Å². The van der Waals surface area contributed by atoms with Gasteiger partial charge in [0.15, 0.2) is 0 Å². The highest BCUT2D eigenvalue weighted by molar-refractivity contribution is 5.96. The second-order valence-electron chi connectivity index (χ2n) is 7.25. The van der Waals surface area contributed by atoms with Crippen molar-refractivity contribution < 1.29 is 4.79 Å². The van der Waals surface area contributed by atoms with Gasteiger partial charge in [0.25, 0.3) is 5.91 Å². The number of aromatic nitrogens is 3. The molecule has 4 aromatic rings. The van der Waals surface area contributed by atoms with Crippen molar-refractivity contribution in [2.24, 2.45) is 0 Å². The second-order valence-corrected chi connectivity index (χ2v) is 7.25. The van der Waals surface area contributed by atoms with Crippen molar-refractivity contribution >= 4 is 16.8 Å². The molecule has 2 aromatic heterocycles. The summed E-state index contributed by atoms with van der Waals surface area (Å²) in [5.41, 5.74) is 4.69. The number of aryl methyl sites for hydroxylation is 3. The first-order valence-corrected chi connectivity index (χ1v) is 9.84. The number of hydrogen-bond acceptors (Lipinski definition) is 3. The van der Waals surface area contributed by atoms with Gasteiger partial charge in [-0.1, -0.05) is 36.4 Å². The lowest BCUT2D eigenvalue weighted by molar-refractivity contribution is 0.0939. The first-order chi connectivity index (χ1) is 14.1. The fourth-order valence-electron chi connectivity index (χ4n) is 3.59. The average Bonchev–Trinajstić information content (AvgIpc) is 3.25. The largest absolute Gasteiger partial charge is 0.345 e. The van der Waals surface area contributed by atoms with E-state index in [0.29, 0.717) is 5.56 Å². The molecule has 0 bridgehead atoms. The summed E-state index contributed by atoms with van der Waals surface area (Å²) >= 11 is 0. The Hall–Kier alpha value is -3.47. The molecule has 0 spiro atoms. The molecule has 1 N–H and O–H groups in total. The van der Waals surface area contributed by atoms with E-state index in [1.807, 2.05) is 73.3 Å². The van der Waals surface area contributed by atoms with Crippen molar-refractivity contribution in [1.82, 2.24) is 20.1 Å². The van der Waals surface area contributed by atoms with Crippen LogP contribution in [0.5, 0.6) is 0 Å². The minimum atomic E-state index is -0.140. The first-order valence-electron chi connectivity index (χ1n) is 9.84. The van der Waals surface area contributed by atoms with Gasteiger partial charge in [-0.05, 0) is 49.2 Å². The van der Waals surface area contributed by atoms with Crippen LogP contribution in [0.2, 0.25) is 0 Å². The van der Waals surface area contributed by atoms with Crippen LogP contribution in [-0.4, -0.2) is 20.7 Å². The molecule has 0 aliphatic carbocycles. The third-order valence-electron chi connectivity index (χ3n) is 5.16. The van der Waals surface area contributed by atoms with E-state index in [9.17, 15) is 4.79 Å². The minimum absolute atomic E-state index is 0.0606. The number of carbonyl (C=O) groups is 1. The van der Waals surface area contributed by atoms with Crippen molar-refractivity contribution in [1.29, 1.82) is 0 Å². The van der Waals surface area contributed by atoms with Crippen LogP contribution in [0, 0.1) is 6.92 Å². The summed E-state index contributed by atoms with van der Waals surface area (Å²) in [6, 6.07) is 19.6. The fraction of sp³-hybridized carbons (Fsp3) is 0.208. The van der Waals surface area contributed by atoms with E-state index < -0.39 is 0 Å². The Morgan fingerprint density at radius 2 is 1.90 bits per heavy atom. The normalized spacial score (nSPS) is 12.1. The maximum Gasteiger partial charge on any atom is 0.252 e. The Bertz CT molecular complexity index is 1130. The zero-order chi connectivity index (χ0) is 20.2. The Morgan fingerprint density at radius 1 is 1.10 bits per heavy atom. The van der Waals surface area contributed by atoms with Crippen LogP contribution in [-0.2, 0) is 13.0 Å². The number of para-hydroxylation sites is 1. The molecule has 1 amide bonds. The Labute approximate surface area is 170 Å². The highest BCUT2D eigenvalue weighted by atomic mass is 16.1. The van der Waals surface area contributed by atoms with Gasteiger partial charge in [-0.3, -0.25) is 14.5 Å². The van der Waals surface area contributed by atoms with Crippen molar-refractivity contribution in [2.45, 2.75) is 32.9 Å². The molecule has 2 heterocycles. The maximum atomic E-state index is 12.8. The van der Waals surface area contributed by atoms with Gasteiger partial charge in [-0.15, -0.1) is 0 Å². The molecule has 1 atom stereocenters. The smallest absolute Gasteiger partial charge is 0.252 e. The van der Waals surface area contributed by atoms with E-state index in [1.165, 1.54) is 0 Å². The van der Waals surface area contributed by atoms with Gasteiger partial charge in [0.2, 0.25) is 0 Å². The summed E-state index contributed by atoms with van der Waals surface area (Å²) in [5.74, 6) is -0.0606. The van der Waals surface area contributed by atoms with Crippen molar-refractivity contribution in [2.75, 3.05) is 0 Å². The quantitative estimate of drug-likeness (QED) is 0.533. The molecule has 146 valence electrons. The summed E-state index contributed by atoms with van der Waals surface area (Å²) in [6.07, 6.45) is 4.51. The highest BCUT2D eigenvalue weighted by Gasteiger charge is 2.16. The maximum absolute atomic E-state index is 12.8. The van der Waals surface area contributed by atoms with Crippen LogP contribution >= 0.6 is 0 Å². The van der Waals surface area contributed by atoms with E-state index >= 15 is 0 Å². The van der Waals surface area contributed by atoms with Crippen LogP contribution in [0.4, 0.5) is 0 Å². The number of benzene rings is 2. The van der Waals surface area contributed by atoms with Crippen LogP contribution in [0.1, 0.15) is 40.1 Å². The van der Waals surface area contributed by atoms with E-state index in [0.717, 1.165) is 40.7 Å². The Balaban J connectivity index is 1.62. The first kappa shape index (κ1) is 18.9. The second kappa shape index (κ2) is 8.27. The number of fused-ring (bicyclic) bond motifs is 1. The molecular weight excluding hydrogens is 360 g/mol. The third kappa shape index (κ3) is 4.19. The molecule has 5 nitrogen and oxygen atoms in total. The molecule has 0 unspecified atom stereocenters. The number of amides is 1. The topological polar surface area (TPSA) is 59.8 Å². The molecule has 4 rings (SSSR count). The van der Waals surface area contributed by atoms with E-state index in [4.69, 9.17) is 4.98 Å². The molecule has 0 radical (unpaired) electrons. The molecule has 2 aromatic carbocycles.